The van der Waals surface area contributed by atoms with Crippen LogP contribution >= 0.6 is 0 Å². The predicted octanol–water partition coefficient (Wildman–Crippen LogP) is 3.05. The molecule has 170 valence electrons. The average Bonchev–Trinajstić information content (AvgIpc) is 3.44. The third-order valence-corrected chi connectivity index (χ3v) is 5.72. The Balaban J connectivity index is 1.36. The molecular weight excluding hydrogens is 438 g/mol. The van der Waals surface area contributed by atoms with E-state index < -0.39 is 36.2 Å². The Bertz CT molecular complexity index is 1270. The number of Topliss-reactive ketones (excluding diaryl/α,β-unsaturated/α-hetero) is 1. The molecule has 0 N–H and O–H groups in total. The number of fused-ring (bicyclic) bond motifs is 2. The summed E-state index contributed by atoms with van der Waals surface area (Å²) in [5.41, 5.74) is 1.49. The summed E-state index contributed by atoms with van der Waals surface area (Å²) in [7, 11) is 0. The van der Waals surface area contributed by atoms with Gasteiger partial charge in [-0.25, -0.2) is 4.79 Å². The van der Waals surface area contributed by atoms with Gasteiger partial charge in [-0.2, -0.15) is 0 Å². The van der Waals surface area contributed by atoms with Gasteiger partial charge in [0.1, 0.15) is 6.04 Å². The first kappa shape index (κ1) is 21.4. The van der Waals surface area contributed by atoms with Crippen molar-refractivity contribution < 1.29 is 33.4 Å². The molecule has 3 aromatic rings. The number of carbonyl (C=O) groups is 4. The summed E-state index contributed by atoms with van der Waals surface area (Å²) >= 11 is 0. The third kappa shape index (κ3) is 3.90. The molecule has 1 unspecified atom stereocenters. The second-order valence-electron chi connectivity index (χ2n) is 7.83. The zero-order chi connectivity index (χ0) is 23.7. The molecule has 0 fully saturated rings. The van der Waals surface area contributed by atoms with Crippen molar-refractivity contribution >= 4 is 23.6 Å². The molecule has 0 bridgehead atoms. The number of hydrogen-bond acceptors (Lipinski definition) is 7. The zero-order valence-corrected chi connectivity index (χ0v) is 17.9. The van der Waals surface area contributed by atoms with Crippen molar-refractivity contribution in [2.75, 3.05) is 13.4 Å². The van der Waals surface area contributed by atoms with E-state index in [9.17, 15) is 19.2 Å². The molecule has 5 rings (SSSR count). The van der Waals surface area contributed by atoms with Gasteiger partial charge in [-0.3, -0.25) is 19.3 Å². The molecule has 0 aliphatic carbocycles. The van der Waals surface area contributed by atoms with Crippen LogP contribution in [0, 0.1) is 0 Å². The van der Waals surface area contributed by atoms with Crippen molar-refractivity contribution in [1.29, 1.82) is 0 Å². The third-order valence-electron chi connectivity index (χ3n) is 5.72. The van der Waals surface area contributed by atoms with Crippen LogP contribution in [0.5, 0.6) is 11.5 Å². The maximum atomic E-state index is 13.1. The lowest BCUT2D eigenvalue weighted by molar-refractivity contribution is -0.147. The van der Waals surface area contributed by atoms with Gasteiger partial charge in [0.25, 0.3) is 11.8 Å². The Morgan fingerprint density at radius 1 is 0.853 bits per heavy atom. The molecule has 1 atom stereocenters. The molecule has 0 aromatic heterocycles. The van der Waals surface area contributed by atoms with E-state index in [4.69, 9.17) is 14.2 Å². The molecule has 0 saturated carbocycles. The average molecular weight is 457 g/mol. The van der Waals surface area contributed by atoms with Crippen molar-refractivity contribution in [2.24, 2.45) is 0 Å². The monoisotopic (exact) mass is 457 g/mol. The summed E-state index contributed by atoms with van der Waals surface area (Å²) in [5.74, 6) is -1.46. The summed E-state index contributed by atoms with van der Waals surface area (Å²) in [6, 6.07) is 18.8. The number of nitrogens with zero attached hydrogens (tertiary/aromatic N) is 1. The Hall–Kier alpha value is -4.46. The molecule has 0 saturated heterocycles. The Labute approximate surface area is 194 Å². The van der Waals surface area contributed by atoms with Gasteiger partial charge in [0.05, 0.1) is 11.1 Å². The lowest BCUT2D eigenvalue weighted by Gasteiger charge is -2.24. The van der Waals surface area contributed by atoms with Gasteiger partial charge in [0, 0.05) is 12.0 Å². The molecule has 8 heteroatoms. The minimum Gasteiger partial charge on any atom is -0.456 e. The Morgan fingerprint density at radius 3 is 2.21 bits per heavy atom. The number of ether oxygens (including phenoxy) is 3. The summed E-state index contributed by atoms with van der Waals surface area (Å²) in [6.07, 6.45) is 0.0589. The normalized spacial score (nSPS) is 14.6. The fraction of sp³-hybridized carbons (Fsp3) is 0.154. The minimum atomic E-state index is -1.22. The SMILES string of the molecule is O=C(COC(=O)C(Cc1ccccc1)N1C(=O)c2ccccc2C1=O)c1ccc2c(c1)OCO2. The fourth-order valence-corrected chi connectivity index (χ4v) is 3.99. The highest BCUT2D eigenvalue weighted by atomic mass is 16.7. The van der Waals surface area contributed by atoms with Gasteiger partial charge in [-0.05, 0) is 35.9 Å². The number of esters is 1. The van der Waals surface area contributed by atoms with Gasteiger partial charge >= 0.3 is 5.97 Å². The molecule has 8 nitrogen and oxygen atoms in total. The first-order valence-electron chi connectivity index (χ1n) is 10.6. The summed E-state index contributed by atoms with van der Waals surface area (Å²) in [6.45, 7) is -0.476. The smallest absolute Gasteiger partial charge is 0.330 e. The molecule has 34 heavy (non-hydrogen) atoms. The highest BCUT2D eigenvalue weighted by Crippen LogP contribution is 2.32. The lowest BCUT2D eigenvalue weighted by atomic mass is 10.0. The first-order chi connectivity index (χ1) is 16.5. The minimum absolute atomic E-state index is 0.0589. The van der Waals surface area contributed by atoms with E-state index in [0.717, 1.165) is 10.5 Å². The van der Waals surface area contributed by atoms with E-state index in [0.29, 0.717) is 11.5 Å². The quantitative estimate of drug-likeness (QED) is 0.305. The second-order valence-corrected chi connectivity index (χ2v) is 7.83. The summed E-state index contributed by atoms with van der Waals surface area (Å²) in [4.78, 5) is 52.7. The Morgan fingerprint density at radius 2 is 1.50 bits per heavy atom. The lowest BCUT2D eigenvalue weighted by Crippen LogP contribution is -2.47. The largest absolute Gasteiger partial charge is 0.456 e. The molecule has 2 aliphatic rings. The Kier molecular flexibility index (Phi) is 5.55. The number of carbonyl (C=O) groups excluding carboxylic acids is 4. The van der Waals surface area contributed by atoms with Gasteiger partial charge < -0.3 is 14.2 Å². The molecule has 2 aliphatic heterocycles. The number of hydrogen-bond donors (Lipinski definition) is 0. The molecule has 2 amide bonds. The molecule has 0 radical (unpaired) electrons. The van der Waals surface area contributed by atoms with Crippen molar-refractivity contribution in [1.82, 2.24) is 4.90 Å². The topological polar surface area (TPSA) is 99.2 Å². The molecule has 0 spiro atoms. The van der Waals surface area contributed by atoms with E-state index >= 15 is 0 Å². The van der Waals surface area contributed by atoms with Crippen LogP contribution in [0.4, 0.5) is 0 Å². The fourth-order valence-electron chi connectivity index (χ4n) is 3.99. The highest BCUT2D eigenvalue weighted by Gasteiger charge is 2.43. The second kappa shape index (κ2) is 8.82. The van der Waals surface area contributed by atoms with Crippen LogP contribution in [-0.2, 0) is 16.0 Å². The van der Waals surface area contributed by atoms with E-state index in [2.05, 4.69) is 0 Å². The van der Waals surface area contributed by atoms with Crippen molar-refractivity contribution in [3.63, 3.8) is 0 Å². The van der Waals surface area contributed by atoms with Crippen molar-refractivity contribution in [2.45, 2.75) is 12.5 Å². The summed E-state index contributed by atoms with van der Waals surface area (Å²) < 4.78 is 15.8. The van der Waals surface area contributed by atoms with Crippen LogP contribution in [0.2, 0.25) is 0 Å². The zero-order valence-electron chi connectivity index (χ0n) is 17.9. The van der Waals surface area contributed by atoms with E-state index in [1.807, 2.05) is 6.07 Å². The van der Waals surface area contributed by atoms with Crippen LogP contribution < -0.4 is 9.47 Å². The van der Waals surface area contributed by atoms with Crippen LogP contribution in [0.1, 0.15) is 36.6 Å². The van der Waals surface area contributed by atoms with E-state index in [1.165, 1.54) is 6.07 Å². The van der Waals surface area contributed by atoms with Crippen LogP contribution in [0.15, 0.2) is 72.8 Å². The van der Waals surface area contributed by atoms with Gasteiger partial charge in [0.2, 0.25) is 6.79 Å². The van der Waals surface area contributed by atoms with Crippen molar-refractivity contribution in [3.05, 3.63) is 95.1 Å². The van der Waals surface area contributed by atoms with E-state index in [1.54, 1.807) is 60.7 Å². The van der Waals surface area contributed by atoms with Crippen LogP contribution in [-0.4, -0.2) is 47.9 Å². The summed E-state index contributed by atoms with van der Waals surface area (Å²) in [5, 5.41) is 0. The number of imide groups is 1. The molecule has 2 heterocycles. The standard InChI is InChI=1S/C26H19NO7/c28-21(17-10-11-22-23(13-17)34-15-33-22)14-32-26(31)20(12-16-6-2-1-3-7-16)27-24(29)18-8-4-5-9-19(18)25(27)30/h1-11,13,20H,12,14-15H2. The number of rotatable bonds is 7. The molecule has 3 aromatic carbocycles. The predicted molar refractivity (Wildman–Crippen MR) is 119 cm³/mol. The van der Waals surface area contributed by atoms with Gasteiger partial charge in [-0.1, -0.05) is 42.5 Å². The maximum absolute atomic E-state index is 13.1. The van der Waals surface area contributed by atoms with Crippen LogP contribution in [0.25, 0.3) is 0 Å². The van der Waals surface area contributed by atoms with Gasteiger partial charge in [-0.15, -0.1) is 0 Å². The van der Waals surface area contributed by atoms with E-state index in [-0.39, 0.29) is 29.9 Å². The van der Waals surface area contributed by atoms with Gasteiger partial charge in [0.15, 0.2) is 23.9 Å². The molecular formula is C26H19NO7. The first-order valence-corrected chi connectivity index (χ1v) is 10.6. The number of amides is 2. The number of benzene rings is 3. The maximum Gasteiger partial charge on any atom is 0.330 e. The number of ketones is 1. The highest BCUT2D eigenvalue weighted by molar-refractivity contribution is 6.22. The van der Waals surface area contributed by atoms with Crippen LogP contribution in [0.3, 0.4) is 0 Å². The van der Waals surface area contributed by atoms with Crippen molar-refractivity contribution in [3.8, 4) is 11.5 Å².